The van der Waals surface area contributed by atoms with E-state index in [1.165, 1.54) is 0 Å². The van der Waals surface area contributed by atoms with Gasteiger partial charge in [0.2, 0.25) is 0 Å². The molecule has 5 heteroatoms. The highest BCUT2D eigenvalue weighted by Gasteiger charge is 2.08. The van der Waals surface area contributed by atoms with Crippen LogP contribution >= 0.6 is 31.9 Å². The van der Waals surface area contributed by atoms with E-state index in [0.29, 0.717) is 24.5 Å². The lowest BCUT2D eigenvalue weighted by Gasteiger charge is -2.10. The van der Waals surface area contributed by atoms with Crippen molar-refractivity contribution in [1.29, 1.82) is 0 Å². The first-order chi connectivity index (χ1) is 7.69. The summed E-state index contributed by atoms with van der Waals surface area (Å²) >= 11 is 6.73. The van der Waals surface area contributed by atoms with Crippen LogP contribution in [0.1, 0.15) is 16.8 Å². The molecule has 0 aliphatic carbocycles. The molecule has 0 saturated heterocycles. The number of benzene rings is 1. The number of halogens is 2. The van der Waals surface area contributed by atoms with Crippen molar-refractivity contribution in [2.75, 3.05) is 20.3 Å². The molecular weight excluding hydrogens is 340 g/mol. The van der Waals surface area contributed by atoms with Crippen LogP contribution in [-0.4, -0.2) is 26.6 Å². The molecule has 0 N–H and O–H groups in total. The Hall–Kier alpha value is -0.390. The third kappa shape index (κ3) is 3.88. The molecule has 0 amide bonds. The minimum atomic E-state index is 0.575. The zero-order valence-electron chi connectivity index (χ0n) is 8.83. The van der Waals surface area contributed by atoms with Gasteiger partial charge in [-0.2, -0.15) is 0 Å². The number of aldehydes is 1. The van der Waals surface area contributed by atoms with Gasteiger partial charge in [0, 0.05) is 25.7 Å². The number of carbonyl (C=O) groups is 1. The van der Waals surface area contributed by atoms with Crippen LogP contribution in [0.15, 0.2) is 21.1 Å². The van der Waals surface area contributed by atoms with Gasteiger partial charge in [0.25, 0.3) is 0 Å². The number of hydrogen-bond donors (Lipinski definition) is 0. The first kappa shape index (κ1) is 13.7. The van der Waals surface area contributed by atoms with Crippen molar-refractivity contribution in [2.45, 2.75) is 6.42 Å². The number of methoxy groups -OCH3 is 1. The van der Waals surface area contributed by atoms with Crippen LogP contribution in [0.2, 0.25) is 0 Å². The molecule has 1 rings (SSSR count). The SMILES string of the molecule is COCCCOc1c(Br)cc(C=O)cc1Br. The second-order valence-electron chi connectivity index (χ2n) is 3.13. The second kappa shape index (κ2) is 7.04. The van der Waals surface area contributed by atoms with Crippen LogP contribution in [0.4, 0.5) is 0 Å². The summed E-state index contributed by atoms with van der Waals surface area (Å²) in [6.45, 7) is 1.24. The van der Waals surface area contributed by atoms with Gasteiger partial charge < -0.3 is 9.47 Å². The number of carbonyl (C=O) groups excluding carboxylic acids is 1. The van der Waals surface area contributed by atoms with Crippen LogP contribution in [-0.2, 0) is 4.74 Å². The highest BCUT2D eigenvalue weighted by molar-refractivity contribution is 9.11. The monoisotopic (exact) mass is 350 g/mol. The number of rotatable bonds is 6. The molecule has 0 saturated carbocycles. The topological polar surface area (TPSA) is 35.5 Å². The molecule has 0 fully saturated rings. The summed E-state index contributed by atoms with van der Waals surface area (Å²) in [4.78, 5) is 10.6. The van der Waals surface area contributed by atoms with E-state index in [1.54, 1.807) is 19.2 Å². The molecule has 0 radical (unpaired) electrons. The minimum Gasteiger partial charge on any atom is -0.491 e. The average molecular weight is 352 g/mol. The van der Waals surface area contributed by atoms with Crippen molar-refractivity contribution in [3.63, 3.8) is 0 Å². The third-order valence-corrected chi connectivity index (χ3v) is 3.07. The Morgan fingerprint density at radius 2 is 1.88 bits per heavy atom. The lowest BCUT2D eigenvalue weighted by atomic mass is 10.2. The fourth-order valence-electron chi connectivity index (χ4n) is 1.16. The van der Waals surface area contributed by atoms with Gasteiger partial charge in [0.15, 0.2) is 0 Å². The Kier molecular flexibility index (Phi) is 6.01. The van der Waals surface area contributed by atoms with Gasteiger partial charge in [-0.15, -0.1) is 0 Å². The predicted molar refractivity (Wildman–Crippen MR) is 69.2 cm³/mol. The third-order valence-electron chi connectivity index (χ3n) is 1.90. The molecule has 1 aromatic carbocycles. The van der Waals surface area contributed by atoms with Crippen molar-refractivity contribution < 1.29 is 14.3 Å². The molecule has 16 heavy (non-hydrogen) atoms. The van der Waals surface area contributed by atoms with Gasteiger partial charge >= 0.3 is 0 Å². The fourth-order valence-corrected chi connectivity index (χ4v) is 2.61. The summed E-state index contributed by atoms with van der Waals surface area (Å²) in [7, 11) is 1.66. The molecule has 0 aliphatic heterocycles. The standard InChI is InChI=1S/C11H12Br2O3/c1-15-3-2-4-16-11-9(12)5-8(7-14)6-10(11)13/h5-7H,2-4H2,1H3. The maximum atomic E-state index is 10.6. The van der Waals surface area contributed by atoms with Crippen molar-refractivity contribution in [3.05, 3.63) is 26.6 Å². The summed E-state index contributed by atoms with van der Waals surface area (Å²) in [5.41, 5.74) is 0.600. The van der Waals surface area contributed by atoms with Gasteiger partial charge in [0.05, 0.1) is 15.6 Å². The zero-order chi connectivity index (χ0) is 12.0. The molecule has 1 aromatic rings. The van der Waals surface area contributed by atoms with Crippen molar-refractivity contribution >= 4 is 38.1 Å². The molecule has 0 aliphatic rings. The summed E-state index contributed by atoms with van der Waals surface area (Å²) in [6, 6.07) is 3.45. The van der Waals surface area contributed by atoms with E-state index in [4.69, 9.17) is 9.47 Å². The van der Waals surface area contributed by atoms with E-state index >= 15 is 0 Å². The quantitative estimate of drug-likeness (QED) is 0.581. The lowest BCUT2D eigenvalue weighted by molar-refractivity contribution is 0.112. The summed E-state index contributed by atoms with van der Waals surface area (Å²) in [5, 5.41) is 0. The summed E-state index contributed by atoms with van der Waals surface area (Å²) < 4.78 is 12.0. The molecule has 0 heterocycles. The molecule has 3 nitrogen and oxygen atoms in total. The molecule has 0 aromatic heterocycles. The molecule has 0 atom stereocenters. The van der Waals surface area contributed by atoms with E-state index in [0.717, 1.165) is 21.7 Å². The fraction of sp³-hybridized carbons (Fsp3) is 0.364. The normalized spacial score (nSPS) is 10.2. The molecule has 88 valence electrons. The van der Waals surface area contributed by atoms with Gasteiger partial charge in [-0.05, 0) is 44.0 Å². The zero-order valence-corrected chi connectivity index (χ0v) is 12.0. The van der Waals surface area contributed by atoms with Crippen molar-refractivity contribution in [3.8, 4) is 5.75 Å². The largest absolute Gasteiger partial charge is 0.491 e. The minimum absolute atomic E-state index is 0.575. The van der Waals surface area contributed by atoms with E-state index in [1.807, 2.05) is 0 Å². The predicted octanol–water partition coefficient (Wildman–Crippen LogP) is 3.44. The van der Waals surface area contributed by atoms with Crippen LogP contribution in [0.5, 0.6) is 5.75 Å². The maximum absolute atomic E-state index is 10.6. The number of ether oxygens (including phenoxy) is 2. The Labute approximate surface area is 111 Å². The van der Waals surface area contributed by atoms with Crippen LogP contribution in [0.3, 0.4) is 0 Å². The second-order valence-corrected chi connectivity index (χ2v) is 4.84. The first-order valence-corrected chi connectivity index (χ1v) is 6.33. The van der Waals surface area contributed by atoms with Crippen molar-refractivity contribution in [1.82, 2.24) is 0 Å². The number of hydrogen-bond acceptors (Lipinski definition) is 3. The molecule has 0 spiro atoms. The molecular formula is C11H12Br2O3. The molecule has 0 bridgehead atoms. The van der Waals surface area contributed by atoms with Gasteiger partial charge in [0.1, 0.15) is 12.0 Å². The van der Waals surface area contributed by atoms with E-state index in [2.05, 4.69) is 31.9 Å². The summed E-state index contributed by atoms with van der Waals surface area (Å²) in [5.74, 6) is 0.710. The van der Waals surface area contributed by atoms with E-state index < -0.39 is 0 Å². The van der Waals surface area contributed by atoms with Gasteiger partial charge in [-0.1, -0.05) is 0 Å². The smallest absolute Gasteiger partial charge is 0.150 e. The average Bonchev–Trinajstić information content (AvgIpc) is 2.26. The summed E-state index contributed by atoms with van der Waals surface area (Å²) in [6.07, 6.45) is 1.62. The van der Waals surface area contributed by atoms with Crippen LogP contribution in [0.25, 0.3) is 0 Å². The Morgan fingerprint density at radius 1 is 1.25 bits per heavy atom. The van der Waals surface area contributed by atoms with Gasteiger partial charge in [-0.25, -0.2) is 0 Å². The Morgan fingerprint density at radius 3 is 2.38 bits per heavy atom. The van der Waals surface area contributed by atoms with Gasteiger partial charge in [-0.3, -0.25) is 4.79 Å². The first-order valence-electron chi connectivity index (χ1n) is 4.75. The highest BCUT2D eigenvalue weighted by atomic mass is 79.9. The van der Waals surface area contributed by atoms with E-state index in [-0.39, 0.29) is 0 Å². The lowest BCUT2D eigenvalue weighted by Crippen LogP contribution is -2.02. The van der Waals surface area contributed by atoms with Crippen LogP contribution < -0.4 is 4.74 Å². The van der Waals surface area contributed by atoms with E-state index in [9.17, 15) is 4.79 Å². The Bertz CT molecular complexity index is 343. The Balaban J connectivity index is 2.69. The maximum Gasteiger partial charge on any atom is 0.150 e. The van der Waals surface area contributed by atoms with Crippen molar-refractivity contribution in [2.24, 2.45) is 0 Å². The van der Waals surface area contributed by atoms with Crippen LogP contribution in [0, 0.1) is 0 Å². The highest BCUT2D eigenvalue weighted by Crippen LogP contribution is 2.34. The molecule has 0 unspecified atom stereocenters.